The molecule has 0 spiro atoms. The molecule has 0 saturated carbocycles. The summed E-state index contributed by atoms with van der Waals surface area (Å²) in [5.74, 6) is 0.0503. The van der Waals surface area contributed by atoms with Crippen molar-refractivity contribution in [3.05, 3.63) is 76.8 Å². The Bertz CT molecular complexity index is 707. The second-order valence-corrected chi connectivity index (χ2v) is 6.35. The minimum Gasteiger partial charge on any atom is -0.337 e. The van der Waals surface area contributed by atoms with Crippen LogP contribution in [0.3, 0.4) is 0 Å². The molecular weight excluding hydrogens is 320 g/mol. The van der Waals surface area contributed by atoms with E-state index in [0.29, 0.717) is 5.02 Å². The molecule has 0 aromatic heterocycles. The monoisotopic (exact) mass is 340 g/mol. The maximum atomic E-state index is 12.3. The summed E-state index contributed by atoms with van der Waals surface area (Å²) >= 11 is 6.11. The molecule has 3 rings (SSSR count). The predicted molar refractivity (Wildman–Crippen MR) is 98.8 cm³/mol. The van der Waals surface area contributed by atoms with Crippen molar-refractivity contribution in [2.45, 2.75) is 6.54 Å². The number of piperazine rings is 1. The van der Waals surface area contributed by atoms with E-state index in [1.807, 2.05) is 35.2 Å². The highest BCUT2D eigenvalue weighted by molar-refractivity contribution is 6.32. The van der Waals surface area contributed by atoms with E-state index < -0.39 is 0 Å². The van der Waals surface area contributed by atoms with Crippen molar-refractivity contribution < 1.29 is 4.79 Å². The lowest BCUT2D eigenvalue weighted by molar-refractivity contribution is -0.127. The van der Waals surface area contributed by atoms with E-state index in [-0.39, 0.29) is 5.91 Å². The van der Waals surface area contributed by atoms with Crippen molar-refractivity contribution in [2.75, 3.05) is 26.2 Å². The number of amides is 1. The number of rotatable bonds is 4. The van der Waals surface area contributed by atoms with E-state index >= 15 is 0 Å². The Labute approximate surface area is 148 Å². The van der Waals surface area contributed by atoms with Gasteiger partial charge in [0.2, 0.25) is 5.91 Å². The SMILES string of the molecule is O=C(C=Cc1ccccc1Cl)N1CCN(Cc2ccccc2)CC1. The third kappa shape index (κ3) is 4.47. The van der Waals surface area contributed by atoms with Crippen LogP contribution >= 0.6 is 11.6 Å². The Balaban J connectivity index is 1.51. The van der Waals surface area contributed by atoms with E-state index in [1.165, 1.54) is 5.56 Å². The Kier molecular flexibility index (Phi) is 5.68. The van der Waals surface area contributed by atoms with Crippen molar-refractivity contribution >= 4 is 23.6 Å². The molecule has 0 radical (unpaired) electrons. The van der Waals surface area contributed by atoms with E-state index in [0.717, 1.165) is 38.3 Å². The number of halogens is 1. The van der Waals surface area contributed by atoms with Crippen molar-refractivity contribution in [1.29, 1.82) is 0 Å². The smallest absolute Gasteiger partial charge is 0.246 e. The zero-order chi connectivity index (χ0) is 16.8. The molecule has 1 fully saturated rings. The van der Waals surface area contributed by atoms with E-state index in [4.69, 9.17) is 11.6 Å². The summed E-state index contributed by atoms with van der Waals surface area (Å²) in [7, 11) is 0. The number of carbonyl (C=O) groups is 1. The van der Waals surface area contributed by atoms with Gasteiger partial charge in [0, 0.05) is 43.8 Å². The summed E-state index contributed by atoms with van der Waals surface area (Å²) < 4.78 is 0. The fourth-order valence-corrected chi connectivity index (χ4v) is 3.04. The van der Waals surface area contributed by atoms with Gasteiger partial charge in [-0.2, -0.15) is 0 Å². The summed E-state index contributed by atoms with van der Waals surface area (Å²) in [5, 5.41) is 0.661. The molecule has 124 valence electrons. The molecule has 24 heavy (non-hydrogen) atoms. The van der Waals surface area contributed by atoms with Gasteiger partial charge in [-0.1, -0.05) is 60.1 Å². The Morgan fingerprint density at radius 3 is 2.33 bits per heavy atom. The number of nitrogens with zero attached hydrogens (tertiary/aromatic N) is 2. The minimum atomic E-state index is 0.0503. The molecule has 1 aliphatic heterocycles. The van der Waals surface area contributed by atoms with Crippen LogP contribution in [0.1, 0.15) is 11.1 Å². The number of carbonyl (C=O) groups excluding carboxylic acids is 1. The quantitative estimate of drug-likeness (QED) is 0.792. The first kappa shape index (κ1) is 16.7. The molecule has 1 saturated heterocycles. The average Bonchev–Trinajstić information content (AvgIpc) is 2.62. The van der Waals surface area contributed by atoms with Crippen LogP contribution < -0.4 is 0 Å². The van der Waals surface area contributed by atoms with Gasteiger partial charge in [0.1, 0.15) is 0 Å². The van der Waals surface area contributed by atoms with Crippen LogP contribution in [0.15, 0.2) is 60.7 Å². The van der Waals surface area contributed by atoms with Crippen LogP contribution in [-0.4, -0.2) is 41.9 Å². The first-order valence-corrected chi connectivity index (χ1v) is 8.58. The molecule has 1 amide bonds. The van der Waals surface area contributed by atoms with Gasteiger partial charge in [-0.3, -0.25) is 9.69 Å². The van der Waals surface area contributed by atoms with Crippen LogP contribution in [0, 0.1) is 0 Å². The molecule has 1 heterocycles. The molecule has 0 N–H and O–H groups in total. The van der Waals surface area contributed by atoms with Crippen LogP contribution in [-0.2, 0) is 11.3 Å². The largest absolute Gasteiger partial charge is 0.337 e. The van der Waals surface area contributed by atoms with Gasteiger partial charge in [0.15, 0.2) is 0 Å². The van der Waals surface area contributed by atoms with Gasteiger partial charge in [0.25, 0.3) is 0 Å². The molecule has 4 heteroatoms. The Hall–Kier alpha value is -2.10. The lowest BCUT2D eigenvalue weighted by Gasteiger charge is -2.34. The zero-order valence-electron chi connectivity index (χ0n) is 13.6. The first-order valence-electron chi connectivity index (χ1n) is 8.20. The molecular formula is C20H21ClN2O. The zero-order valence-corrected chi connectivity index (χ0v) is 14.3. The Morgan fingerprint density at radius 1 is 0.958 bits per heavy atom. The van der Waals surface area contributed by atoms with Crippen molar-refractivity contribution in [1.82, 2.24) is 9.80 Å². The standard InChI is InChI=1S/C20H21ClN2O/c21-19-9-5-4-8-18(19)10-11-20(24)23-14-12-22(13-15-23)16-17-6-2-1-3-7-17/h1-11H,12-16H2. The average molecular weight is 341 g/mol. The van der Waals surface area contributed by atoms with Crippen molar-refractivity contribution in [3.8, 4) is 0 Å². The van der Waals surface area contributed by atoms with Crippen LogP contribution in [0.5, 0.6) is 0 Å². The summed E-state index contributed by atoms with van der Waals surface area (Å²) in [6.45, 7) is 4.27. The van der Waals surface area contributed by atoms with E-state index in [9.17, 15) is 4.79 Å². The van der Waals surface area contributed by atoms with Crippen LogP contribution in [0.25, 0.3) is 6.08 Å². The van der Waals surface area contributed by atoms with Gasteiger partial charge in [-0.25, -0.2) is 0 Å². The van der Waals surface area contributed by atoms with Crippen molar-refractivity contribution in [2.24, 2.45) is 0 Å². The van der Waals surface area contributed by atoms with E-state index in [1.54, 1.807) is 12.2 Å². The topological polar surface area (TPSA) is 23.6 Å². The highest BCUT2D eigenvalue weighted by Crippen LogP contribution is 2.16. The first-order chi connectivity index (χ1) is 11.7. The molecule has 0 aliphatic carbocycles. The summed E-state index contributed by atoms with van der Waals surface area (Å²) in [6, 6.07) is 18.0. The predicted octanol–water partition coefficient (Wildman–Crippen LogP) is 3.70. The second-order valence-electron chi connectivity index (χ2n) is 5.94. The highest BCUT2D eigenvalue weighted by Gasteiger charge is 2.19. The van der Waals surface area contributed by atoms with Gasteiger partial charge in [-0.05, 0) is 23.3 Å². The minimum absolute atomic E-state index is 0.0503. The van der Waals surface area contributed by atoms with Gasteiger partial charge < -0.3 is 4.90 Å². The van der Waals surface area contributed by atoms with Crippen LogP contribution in [0.2, 0.25) is 5.02 Å². The summed E-state index contributed by atoms with van der Waals surface area (Å²) in [5.41, 5.74) is 2.19. The molecule has 2 aromatic rings. The molecule has 2 aromatic carbocycles. The lowest BCUT2D eigenvalue weighted by atomic mass is 10.2. The molecule has 0 bridgehead atoms. The molecule has 0 unspecified atom stereocenters. The second kappa shape index (κ2) is 8.13. The normalized spacial score (nSPS) is 15.8. The lowest BCUT2D eigenvalue weighted by Crippen LogP contribution is -2.47. The number of benzene rings is 2. The van der Waals surface area contributed by atoms with Gasteiger partial charge in [-0.15, -0.1) is 0 Å². The number of hydrogen-bond acceptors (Lipinski definition) is 2. The third-order valence-electron chi connectivity index (χ3n) is 4.24. The molecule has 3 nitrogen and oxygen atoms in total. The number of hydrogen-bond donors (Lipinski definition) is 0. The fourth-order valence-electron chi connectivity index (χ4n) is 2.84. The van der Waals surface area contributed by atoms with Gasteiger partial charge >= 0.3 is 0 Å². The van der Waals surface area contributed by atoms with E-state index in [2.05, 4.69) is 29.2 Å². The fraction of sp³-hybridized carbons (Fsp3) is 0.250. The third-order valence-corrected chi connectivity index (χ3v) is 4.59. The Morgan fingerprint density at radius 2 is 1.62 bits per heavy atom. The summed E-state index contributed by atoms with van der Waals surface area (Å²) in [4.78, 5) is 16.6. The van der Waals surface area contributed by atoms with Crippen molar-refractivity contribution in [3.63, 3.8) is 0 Å². The maximum Gasteiger partial charge on any atom is 0.246 e. The molecule has 1 aliphatic rings. The highest BCUT2D eigenvalue weighted by atomic mass is 35.5. The maximum absolute atomic E-state index is 12.3. The van der Waals surface area contributed by atoms with Gasteiger partial charge in [0.05, 0.1) is 0 Å². The summed E-state index contributed by atoms with van der Waals surface area (Å²) in [6.07, 6.45) is 3.41. The molecule has 0 atom stereocenters. The van der Waals surface area contributed by atoms with Crippen LogP contribution in [0.4, 0.5) is 0 Å².